The molecule has 0 aromatic heterocycles. The van der Waals surface area contributed by atoms with Gasteiger partial charge in [0.1, 0.15) is 5.75 Å². The van der Waals surface area contributed by atoms with Crippen LogP contribution in [0.5, 0.6) is 5.75 Å². The lowest BCUT2D eigenvalue weighted by Gasteiger charge is -2.28. The van der Waals surface area contributed by atoms with E-state index in [1.54, 1.807) is 12.1 Å². The molecule has 3 nitrogen and oxygen atoms in total. The smallest absolute Gasteiger partial charge is 0.410 e. The number of hydrogen-bond donors (Lipinski definition) is 2. The molecule has 0 aliphatic carbocycles. The second-order valence-corrected chi connectivity index (χ2v) is 4.95. The third-order valence-corrected chi connectivity index (χ3v) is 3.32. The number of ether oxygens (including phenoxy) is 1. The summed E-state index contributed by atoms with van der Waals surface area (Å²) in [6, 6.07) is 7.23. The normalized spacial score (nSPS) is 13.2. The maximum atomic E-state index is 12.1. The van der Waals surface area contributed by atoms with E-state index in [4.69, 9.17) is 4.74 Å². The molecular formula is C14H17NO2S2. The van der Waals surface area contributed by atoms with Crippen LogP contribution in [-0.2, 0) is 0 Å². The van der Waals surface area contributed by atoms with Crippen molar-refractivity contribution in [3.05, 3.63) is 55.1 Å². The molecule has 0 saturated heterocycles. The molecule has 1 amide bonds. The first-order valence-corrected chi connectivity index (χ1v) is 6.71. The van der Waals surface area contributed by atoms with Crippen LogP contribution in [0.3, 0.4) is 0 Å². The zero-order chi connectivity index (χ0) is 14.4. The van der Waals surface area contributed by atoms with Crippen molar-refractivity contribution in [3.8, 4) is 5.75 Å². The van der Waals surface area contributed by atoms with E-state index in [2.05, 4.69) is 38.4 Å². The quantitative estimate of drug-likeness (QED) is 0.493. The summed E-state index contributed by atoms with van der Waals surface area (Å²) < 4.78 is 5.30. The standard InChI is InChI=1S/C14H17NO2S2/c1-4-12(18)15(13(19)5-2)14(16)17-11-8-6-7-10(3)9-11/h4-9,12-13,18-19H,1-2H2,3H3. The number of rotatable bonds is 5. The Bertz CT molecular complexity index is 462. The monoisotopic (exact) mass is 295 g/mol. The summed E-state index contributed by atoms with van der Waals surface area (Å²) in [6.07, 6.45) is 2.49. The van der Waals surface area contributed by atoms with Crippen molar-refractivity contribution in [1.82, 2.24) is 4.90 Å². The molecule has 1 aromatic carbocycles. The fraction of sp³-hybridized carbons (Fsp3) is 0.214. The number of benzene rings is 1. The van der Waals surface area contributed by atoms with Gasteiger partial charge in [0.15, 0.2) is 0 Å². The summed E-state index contributed by atoms with van der Waals surface area (Å²) >= 11 is 8.51. The summed E-state index contributed by atoms with van der Waals surface area (Å²) in [5, 5.41) is -1.00. The van der Waals surface area contributed by atoms with Crippen LogP contribution in [0, 0.1) is 6.92 Å². The maximum Gasteiger partial charge on any atom is 0.417 e. The van der Waals surface area contributed by atoms with Gasteiger partial charge in [-0.25, -0.2) is 4.79 Å². The van der Waals surface area contributed by atoms with E-state index in [9.17, 15) is 4.79 Å². The Hall–Kier alpha value is -1.33. The van der Waals surface area contributed by atoms with Gasteiger partial charge in [0.2, 0.25) is 0 Å². The van der Waals surface area contributed by atoms with Crippen LogP contribution in [0.15, 0.2) is 49.6 Å². The molecule has 0 heterocycles. The zero-order valence-corrected chi connectivity index (χ0v) is 12.5. The van der Waals surface area contributed by atoms with Gasteiger partial charge in [0.05, 0.1) is 10.7 Å². The third-order valence-electron chi connectivity index (χ3n) is 2.40. The van der Waals surface area contributed by atoms with E-state index < -0.39 is 16.8 Å². The predicted octanol–water partition coefficient (Wildman–Crippen LogP) is 3.68. The molecule has 0 aliphatic rings. The Balaban J connectivity index is 2.88. The van der Waals surface area contributed by atoms with Gasteiger partial charge in [0, 0.05) is 0 Å². The van der Waals surface area contributed by atoms with Crippen molar-refractivity contribution >= 4 is 31.4 Å². The molecule has 0 spiro atoms. The number of carbonyl (C=O) groups excluding carboxylic acids is 1. The van der Waals surface area contributed by atoms with Gasteiger partial charge in [-0.05, 0) is 24.6 Å². The summed E-state index contributed by atoms with van der Waals surface area (Å²) in [7, 11) is 0. The second kappa shape index (κ2) is 7.31. The molecule has 5 heteroatoms. The first kappa shape index (κ1) is 15.7. The average molecular weight is 295 g/mol. The molecule has 0 saturated carbocycles. The predicted molar refractivity (Wildman–Crippen MR) is 85.0 cm³/mol. The molecule has 0 aliphatic heterocycles. The van der Waals surface area contributed by atoms with E-state index in [0.29, 0.717) is 5.75 Å². The molecule has 0 fully saturated rings. The summed E-state index contributed by atoms with van der Waals surface area (Å²) in [4.78, 5) is 13.5. The molecule has 102 valence electrons. The van der Waals surface area contributed by atoms with Crippen LogP contribution in [-0.4, -0.2) is 21.7 Å². The number of nitrogens with zero attached hydrogens (tertiary/aromatic N) is 1. The fourth-order valence-electron chi connectivity index (χ4n) is 1.43. The molecule has 0 radical (unpaired) electrons. The van der Waals surface area contributed by atoms with Crippen LogP contribution in [0.4, 0.5) is 4.79 Å². The molecule has 19 heavy (non-hydrogen) atoms. The van der Waals surface area contributed by atoms with E-state index in [0.717, 1.165) is 5.56 Å². The molecule has 1 rings (SSSR count). The van der Waals surface area contributed by atoms with Crippen LogP contribution < -0.4 is 4.74 Å². The van der Waals surface area contributed by atoms with Gasteiger partial charge in [-0.1, -0.05) is 24.3 Å². The van der Waals surface area contributed by atoms with E-state index in [-0.39, 0.29) is 0 Å². The molecule has 0 bridgehead atoms. The molecule has 2 atom stereocenters. The van der Waals surface area contributed by atoms with Crippen molar-refractivity contribution in [3.63, 3.8) is 0 Å². The van der Waals surface area contributed by atoms with Gasteiger partial charge in [0.25, 0.3) is 0 Å². The number of hydrogen-bond acceptors (Lipinski definition) is 4. The molecular weight excluding hydrogens is 278 g/mol. The molecule has 2 unspecified atom stereocenters. The van der Waals surface area contributed by atoms with Crippen molar-refractivity contribution in [2.75, 3.05) is 0 Å². The van der Waals surface area contributed by atoms with Gasteiger partial charge in [-0.3, -0.25) is 4.90 Å². The maximum absolute atomic E-state index is 12.1. The Morgan fingerprint density at radius 3 is 2.37 bits per heavy atom. The van der Waals surface area contributed by atoms with E-state index >= 15 is 0 Å². The van der Waals surface area contributed by atoms with Crippen molar-refractivity contribution in [2.45, 2.75) is 17.7 Å². The Labute approximate surface area is 124 Å². The Kier molecular flexibility index (Phi) is 6.05. The fourth-order valence-corrected chi connectivity index (χ4v) is 2.01. The van der Waals surface area contributed by atoms with Crippen LogP contribution in [0.2, 0.25) is 0 Å². The first-order chi connectivity index (χ1) is 8.99. The number of amides is 1. The van der Waals surface area contributed by atoms with Gasteiger partial charge in [-0.2, -0.15) is 25.3 Å². The highest BCUT2D eigenvalue weighted by Crippen LogP contribution is 2.19. The Morgan fingerprint density at radius 2 is 1.89 bits per heavy atom. The molecule has 1 aromatic rings. The van der Waals surface area contributed by atoms with Crippen LogP contribution >= 0.6 is 25.3 Å². The minimum atomic E-state index is -0.551. The minimum absolute atomic E-state index is 0.476. The number of carbonyl (C=O) groups is 1. The summed E-state index contributed by atoms with van der Waals surface area (Å²) in [6.45, 7) is 9.14. The van der Waals surface area contributed by atoms with E-state index in [1.165, 1.54) is 17.1 Å². The lowest BCUT2D eigenvalue weighted by atomic mass is 10.2. The zero-order valence-electron chi connectivity index (χ0n) is 10.7. The lowest BCUT2D eigenvalue weighted by molar-refractivity contribution is 0.155. The minimum Gasteiger partial charge on any atom is -0.410 e. The largest absolute Gasteiger partial charge is 0.417 e. The van der Waals surface area contributed by atoms with Crippen molar-refractivity contribution in [1.29, 1.82) is 0 Å². The second-order valence-electron chi connectivity index (χ2n) is 3.89. The first-order valence-electron chi connectivity index (χ1n) is 5.67. The van der Waals surface area contributed by atoms with Crippen LogP contribution in [0.1, 0.15) is 5.56 Å². The van der Waals surface area contributed by atoms with Crippen LogP contribution in [0.25, 0.3) is 0 Å². The van der Waals surface area contributed by atoms with E-state index in [1.807, 2.05) is 19.1 Å². The van der Waals surface area contributed by atoms with Gasteiger partial charge >= 0.3 is 6.09 Å². The van der Waals surface area contributed by atoms with Crippen molar-refractivity contribution in [2.24, 2.45) is 0 Å². The summed E-state index contributed by atoms with van der Waals surface area (Å²) in [5.74, 6) is 0.476. The van der Waals surface area contributed by atoms with Gasteiger partial charge in [-0.15, -0.1) is 13.2 Å². The lowest BCUT2D eigenvalue weighted by Crippen LogP contribution is -2.42. The highest BCUT2D eigenvalue weighted by atomic mass is 32.1. The van der Waals surface area contributed by atoms with Gasteiger partial charge < -0.3 is 4.74 Å². The third kappa shape index (κ3) is 4.36. The number of thiol groups is 2. The number of aryl methyl sites for hydroxylation is 1. The topological polar surface area (TPSA) is 29.5 Å². The van der Waals surface area contributed by atoms with Crippen molar-refractivity contribution < 1.29 is 9.53 Å². The Morgan fingerprint density at radius 1 is 1.32 bits per heavy atom. The average Bonchev–Trinajstić information content (AvgIpc) is 2.38. The SMILES string of the molecule is C=CC(S)N(C(=O)Oc1cccc(C)c1)C(S)C=C. The summed E-state index contributed by atoms with van der Waals surface area (Å²) in [5.41, 5.74) is 1.01. The molecule has 0 N–H and O–H groups in total. The highest BCUT2D eigenvalue weighted by Gasteiger charge is 2.25. The highest BCUT2D eigenvalue weighted by molar-refractivity contribution is 7.82.